The Balaban J connectivity index is 2.00. The number of aromatic nitrogens is 1. The van der Waals surface area contributed by atoms with Gasteiger partial charge in [0.2, 0.25) is 0 Å². The topological polar surface area (TPSA) is 107 Å². The number of anilines is 2. The second-order valence-corrected chi connectivity index (χ2v) is 29.9. The molecule has 198 valence electrons. The number of amides is 1. The van der Waals surface area contributed by atoms with Crippen LogP contribution in [0.1, 0.15) is 47.2 Å². The quantitative estimate of drug-likeness (QED) is 0.141. The number of nitrogens with one attached hydrogen (secondary N) is 2. The average molecular weight is 770 g/mol. The highest BCUT2D eigenvalue weighted by Gasteiger charge is 2.27. The molecule has 0 bridgehead atoms. The van der Waals surface area contributed by atoms with Crippen molar-refractivity contribution in [1.29, 1.82) is 0 Å². The Morgan fingerprint density at radius 2 is 1.78 bits per heavy atom. The molecule has 0 saturated heterocycles. The highest BCUT2D eigenvalue weighted by atomic mass is 127. The molecule has 0 fully saturated rings. The molecular weight excluding hydrogens is 744 g/mol. The molecule has 0 spiro atoms. The fourth-order valence-corrected chi connectivity index (χ4v) is 5.50. The van der Waals surface area contributed by atoms with E-state index in [0.29, 0.717) is 29.2 Å². The highest BCUT2D eigenvalue weighted by molar-refractivity contribution is 14.3. The maximum atomic E-state index is 13.3. The van der Waals surface area contributed by atoms with E-state index in [1.807, 2.05) is 75.3 Å². The normalized spacial score (nSPS) is 12.7. The minimum Gasteiger partial charge on any atom is -0.492 e. The number of halogens is 3. The van der Waals surface area contributed by atoms with Gasteiger partial charge < -0.3 is 19.5 Å². The molecule has 0 radical (unpaired) electrons. The number of nitrogens with zero attached hydrogens (tertiary/aromatic N) is 1. The summed E-state index contributed by atoms with van der Waals surface area (Å²) in [7, 11) is 1.48. The van der Waals surface area contributed by atoms with Gasteiger partial charge in [0.05, 0.1) is 27.1 Å². The Hall–Kier alpha value is -1.97. The molecule has 0 aliphatic carbocycles. The lowest BCUT2D eigenvalue weighted by atomic mass is 9.86. The maximum Gasteiger partial charge on any atom is 0.255 e. The molecule has 1 amide bonds. The standard InChI is InChI=1S/C25H26ClI2N3O5S/c1-25(2,3)16-11-20(23(35-4)21(12-16)31-37(5,27,28)34)30-24(33)15-6-7-19(26)22(10-15)36-18-8-9-29-17(13-18)14-32/h6-14H,1-5H3,(H,30,33)(H,31,34). The minimum absolute atomic E-state index is 0.203. The fourth-order valence-electron chi connectivity index (χ4n) is 3.29. The number of rotatable bonds is 8. The molecule has 0 unspecified atom stereocenters. The van der Waals surface area contributed by atoms with Crippen LogP contribution in [-0.2, 0) is 9.01 Å². The summed E-state index contributed by atoms with van der Waals surface area (Å²) in [5, 5.41) is 3.19. The monoisotopic (exact) mass is 769 g/mol. The number of ether oxygens (including phenoxy) is 2. The predicted molar refractivity (Wildman–Crippen MR) is 167 cm³/mol. The second kappa shape index (κ2) is 11.0. The molecule has 2 aromatic carbocycles. The summed E-state index contributed by atoms with van der Waals surface area (Å²) in [4.78, 5) is 28.3. The van der Waals surface area contributed by atoms with Crippen molar-refractivity contribution in [2.24, 2.45) is 0 Å². The number of benzene rings is 2. The largest absolute Gasteiger partial charge is 0.492 e. The molecule has 3 rings (SSSR count). The van der Waals surface area contributed by atoms with Crippen LogP contribution in [-0.4, -0.2) is 34.8 Å². The van der Waals surface area contributed by atoms with Crippen LogP contribution in [0, 0.1) is 0 Å². The van der Waals surface area contributed by atoms with E-state index in [9.17, 15) is 13.8 Å². The van der Waals surface area contributed by atoms with Crippen LogP contribution in [0.15, 0.2) is 48.7 Å². The number of pyridine rings is 1. The molecule has 2 N–H and O–H groups in total. The third-order valence-corrected chi connectivity index (χ3v) is 7.33. The fraction of sp³-hybridized carbons (Fsp3) is 0.240. The summed E-state index contributed by atoms with van der Waals surface area (Å²) in [5.74, 6) is 0.498. The predicted octanol–water partition coefficient (Wildman–Crippen LogP) is 7.38. The molecule has 0 aliphatic heterocycles. The van der Waals surface area contributed by atoms with Crippen molar-refractivity contribution in [3.05, 3.63) is 70.5 Å². The lowest BCUT2D eigenvalue weighted by Gasteiger charge is -2.30. The van der Waals surface area contributed by atoms with Crippen LogP contribution in [0.3, 0.4) is 0 Å². The zero-order chi connectivity index (χ0) is 27.6. The maximum absolute atomic E-state index is 13.3. The first kappa shape index (κ1) is 29.6. The van der Waals surface area contributed by atoms with Gasteiger partial charge in [0, 0.05) is 66.5 Å². The Labute approximate surface area is 245 Å². The summed E-state index contributed by atoms with van der Waals surface area (Å²) in [5.41, 5.74) is 2.02. The van der Waals surface area contributed by atoms with Crippen molar-refractivity contribution < 1.29 is 23.3 Å². The average Bonchev–Trinajstić information content (AvgIpc) is 2.78. The van der Waals surface area contributed by atoms with Gasteiger partial charge in [-0.25, -0.2) is 4.21 Å². The molecule has 1 heterocycles. The van der Waals surface area contributed by atoms with Gasteiger partial charge in [-0.05, 0) is 47.4 Å². The van der Waals surface area contributed by atoms with E-state index in [-0.39, 0.29) is 27.4 Å². The molecule has 1 aromatic heterocycles. The second-order valence-electron chi connectivity index (χ2n) is 9.29. The van der Waals surface area contributed by atoms with Crippen LogP contribution < -0.4 is 19.5 Å². The lowest BCUT2D eigenvalue weighted by Crippen LogP contribution is -2.25. The van der Waals surface area contributed by atoms with E-state index in [4.69, 9.17) is 21.1 Å². The third kappa shape index (κ3) is 8.26. The Morgan fingerprint density at radius 1 is 1.11 bits per heavy atom. The van der Waals surface area contributed by atoms with Crippen LogP contribution >= 0.6 is 54.0 Å². The van der Waals surface area contributed by atoms with Crippen LogP contribution in [0.2, 0.25) is 5.02 Å². The van der Waals surface area contributed by atoms with Crippen molar-refractivity contribution in [2.45, 2.75) is 26.2 Å². The van der Waals surface area contributed by atoms with Crippen molar-refractivity contribution in [2.75, 3.05) is 23.4 Å². The van der Waals surface area contributed by atoms with Crippen molar-refractivity contribution in [1.82, 2.24) is 4.98 Å². The summed E-state index contributed by atoms with van der Waals surface area (Å²) >= 11 is 10.1. The first-order valence-electron chi connectivity index (χ1n) is 10.8. The van der Waals surface area contributed by atoms with Crippen molar-refractivity contribution in [3.63, 3.8) is 0 Å². The smallest absolute Gasteiger partial charge is 0.255 e. The van der Waals surface area contributed by atoms with E-state index in [0.717, 1.165) is 5.56 Å². The summed E-state index contributed by atoms with van der Waals surface area (Å²) in [6.45, 7) is 6.12. The Morgan fingerprint density at radius 3 is 2.38 bits per heavy atom. The highest BCUT2D eigenvalue weighted by Crippen LogP contribution is 2.46. The number of carbonyl (C=O) groups is 2. The summed E-state index contributed by atoms with van der Waals surface area (Å²) in [6, 6.07) is 11.4. The molecule has 0 atom stereocenters. The van der Waals surface area contributed by atoms with Crippen molar-refractivity contribution >= 4 is 81.2 Å². The zero-order valence-electron chi connectivity index (χ0n) is 20.7. The van der Waals surface area contributed by atoms with Crippen LogP contribution in [0.25, 0.3) is 0 Å². The van der Waals surface area contributed by atoms with Gasteiger partial charge in [-0.2, -0.15) is 0 Å². The molecule has 12 heteroatoms. The minimum atomic E-state index is -3.23. The van der Waals surface area contributed by atoms with Gasteiger partial charge in [-0.3, -0.25) is 14.6 Å². The van der Waals surface area contributed by atoms with Crippen molar-refractivity contribution in [3.8, 4) is 17.2 Å². The molecule has 0 saturated carbocycles. The molecule has 8 nitrogen and oxygen atoms in total. The van der Waals surface area contributed by atoms with Gasteiger partial charge in [0.25, 0.3) is 5.91 Å². The van der Waals surface area contributed by atoms with E-state index in [2.05, 4.69) is 15.0 Å². The molecule has 0 aliphatic rings. The number of hydrogen-bond donors (Lipinski definition) is 2. The van der Waals surface area contributed by atoms with E-state index in [1.165, 1.54) is 25.4 Å². The Kier molecular flexibility index (Phi) is 8.82. The van der Waals surface area contributed by atoms with Gasteiger partial charge in [-0.15, -0.1) is 0 Å². The van der Waals surface area contributed by atoms with E-state index < -0.39 is 9.50 Å². The van der Waals surface area contributed by atoms with Gasteiger partial charge >= 0.3 is 0 Å². The lowest BCUT2D eigenvalue weighted by molar-refractivity contribution is 0.102. The summed E-state index contributed by atoms with van der Waals surface area (Å²) < 4.78 is 24.4. The van der Waals surface area contributed by atoms with E-state index >= 15 is 0 Å². The van der Waals surface area contributed by atoms with Gasteiger partial charge in [-0.1, -0.05) is 32.4 Å². The first-order chi connectivity index (χ1) is 17.1. The first-order valence-corrected chi connectivity index (χ1v) is 18.7. The number of aldehydes is 1. The molecule has 37 heavy (non-hydrogen) atoms. The third-order valence-electron chi connectivity index (χ3n) is 5.03. The van der Waals surface area contributed by atoms with Gasteiger partial charge in [0.1, 0.15) is 17.2 Å². The Bertz CT molecular complexity index is 1430. The molecule has 3 aromatic rings. The summed E-state index contributed by atoms with van der Waals surface area (Å²) in [6.07, 6.45) is 3.65. The number of carbonyl (C=O) groups excluding carboxylic acids is 2. The molecular formula is C25H26ClI2N3O5S. The zero-order valence-corrected chi connectivity index (χ0v) is 26.6. The van der Waals surface area contributed by atoms with Gasteiger partial charge in [0.15, 0.2) is 12.0 Å². The SMILES string of the molecule is COc1c(NC(=O)c2ccc(Cl)c(Oc3ccnc(C=O)c3)c2)cc(C(C)(C)C)cc1NS(C)(=O)(I)I. The van der Waals surface area contributed by atoms with Crippen LogP contribution in [0.4, 0.5) is 11.4 Å². The van der Waals surface area contributed by atoms with E-state index in [1.54, 1.807) is 24.5 Å². The number of hydrogen-bond acceptors (Lipinski definition) is 6. The van der Waals surface area contributed by atoms with Crippen LogP contribution in [0.5, 0.6) is 17.2 Å². The number of methoxy groups -OCH3 is 1.